The van der Waals surface area contributed by atoms with Crippen molar-refractivity contribution in [2.24, 2.45) is 0 Å². The summed E-state index contributed by atoms with van der Waals surface area (Å²) in [6, 6.07) is 11.3. The Morgan fingerprint density at radius 1 is 0.931 bits per heavy atom. The van der Waals surface area contributed by atoms with Gasteiger partial charge in [-0.2, -0.15) is 0 Å². The second-order valence-electron chi connectivity index (χ2n) is 7.45. The summed E-state index contributed by atoms with van der Waals surface area (Å²) in [7, 11) is 1.58. The maximum absolute atomic E-state index is 12.3. The minimum atomic E-state index is -0.250. The summed E-state index contributed by atoms with van der Waals surface area (Å²) in [5.74, 6) is -0.672. The highest BCUT2D eigenvalue weighted by atomic mass is 16.2. The molecule has 0 aliphatic heterocycles. The van der Waals surface area contributed by atoms with Gasteiger partial charge < -0.3 is 15.5 Å². The Hall–Kier alpha value is -3.15. The predicted octanol–water partition coefficient (Wildman–Crippen LogP) is 3.14. The number of carbonyl (C=O) groups is 3. The molecule has 154 valence electrons. The third-order valence-electron chi connectivity index (χ3n) is 4.65. The second kappa shape index (κ2) is 9.87. The second-order valence-corrected chi connectivity index (χ2v) is 7.45. The Bertz CT molecular complexity index is 898. The van der Waals surface area contributed by atoms with Gasteiger partial charge in [0.2, 0.25) is 11.8 Å². The molecule has 2 aromatic carbocycles. The van der Waals surface area contributed by atoms with Crippen LogP contribution in [0.5, 0.6) is 0 Å². The van der Waals surface area contributed by atoms with Gasteiger partial charge in [0, 0.05) is 31.3 Å². The zero-order valence-electron chi connectivity index (χ0n) is 17.8. The zero-order valence-corrected chi connectivity index (χ0v) is 17.8. The van der Waals surface area contributed by atoms with Crippen molar-refractivity contribution in [3.05, 3.63) is 64.2 Å². The minimum Gasteiger partial charge on any atom is -0.352 e. The molecule has 2 aromatic rings. The molecule has 0 aromatic heterocycles. The number of hydrogen-bond donors (Lipinski definition) is 2. The number of nitrogens with one attached hydrogen (secondary N) is 2. The molecule has 0 aliphatic rings. The maximum atomic E-state index is 12.3. The van der Waals surface area contributed by atoms with Gasteiger partial charge in [-0.1, -0.05) is 35.4 Å². The van der Waals surface area contributed by atoms with E-state index in [0.717, 1.165) is 27.9 Å². The lowest BCUT2D eigenvalue weighted by molar-refractivity contribution is -0.133. The number of carbonyl (C=O) groups excluding carboxylic acids is 3. The Morgan fingerprint density at radius 3 is 2.21 bits per heavy atom. The number of nitrogens with zero attached hydrogens (tertiary/aromatic N) is 1. The van der Waals surface area contributed by atoms with E-state index in [-0.39, 0.29) is 37.2 Å². The molecule has 0 unspecified atom stereocenters. The third kappa shape index (κ3) is 6.45. The predicted molar refractivity (Wildman–Crippen MR) is 115 cm³/mol. The van der Waals surface area contributed by atoms with Crippen molar-refractivity contribution in [3.8, 4) is 0 Å². The molecule has 0 radical (unpaired) electrons. The van der Waals surface area contributed by atoms with Crippen molar-refractivity contribution >= 4 is 23.4 Å². The van der Waals surface area contributed by atoms with Crippen LogP contribution in [0, 0.1) is 27.7 Å². The smallest absolute Gasteiger partial charge is 0.251 e. The molecule has 6 heteroatoms. The van der Waals surface area contributed by atoms with E-state index in [2.05, 4.69) is 10.6 Å². The van der Waals surface area contributed by atoms with Crippen LogP contribution in [0.4, 0.5) is 5.69 Å². The normalized spacial score (nSPS) is 10.4. The van der Waals surface area contributed by atoms with Gasteiger partial charge in [0.05, 0.1) is 6.54 Å². The number of amides is 3. The number of hydrogen-bond acceptors (Lipinski definition) is 3. The highest BCUT2D eigenvalue weighted by Crippen LogP contribution is 2.21. The summed E-state index contributed by atoms with van der Waals surface area (Å²) < 4.78 is 0. The average molecular weight is 396 g/mol. The van der Waals surface area contributed by atoms with Gasteiger partial charge in [-0.25, -0.2) is 0 Å². The van der Waals surface area contributed by atoms with Crippen molar-refractivity contribution in [2.75, 3.05) is 25.5 Å². The fourth-order valence-corrected chi connectivity index (χ4v) is 3.22. The molecular formula is C23H29N3O3. The molecule has 2 N–H and O–H groups in total. The summed E-state index contributed by atoms with van der Waals surface area (Å²) in [5.41, 5.74) is 5.46. The SMILES string of the molecule is Cc1cccc(C(=O)NCCC(=O)N(C)CC(=O)Nc2c(C)cc(C)cc2C)c1. The summed E-state index contributed by atoms with van der Waals surface area (Å²) in [5, 5.41) is 5.63. The molecule has 6 nitrogen and oxygen atoms in total. The van der Waals surface area contributed by atoms with Gasteiger partial charge in [-0.3, -0.25) is 14.4 Å². The van der Waals surface area contributed by atoms with Crippen LogP contribution >= 0.6 is 0 Å². The van der Waals surface area contributed by atoms with Crippen molar-refractivity contribution < 1.29 is 14.4 Å². The number of rotatable bonds is 7. The number of benzene rings is 2. The topological polar surface area (TPSA) is 78.5 Å². The van der Waals surface area contributed by atoms with E-state index in [1.807, 2.05) is 52.0 Å². The Morgan fingerprint density at radius 2 is 1.59 bits per heavy atom. The standard InChI is InChI=1S/C23H29N3O3/c1-15-7-6-8-19(13-15)23(29)24-10-9-21(28)26(5)14-20(27)25-22-17(3)11-16(2)12-18(22)4/h6-8,11-13H,9-10,14H2,1-5H3,(H,24,29)(H,25,27). The van der Waals surface area contributed by atoms with Crippen LogP contribution in [0.15, 0.2) is 36.4 Å². The first kappa shape index (κ1) is 22.1. The quantitative estimate of drug-likeness (QED) is 0.756. The molecule has 3 amide bonds. The van der Waals surface area contributed by atoms with Crippen molar-refractivity contribution in [2.45, 2.75) is 34.1 Å². The van der Waals surface area contributed by atoms with Gasteiger partial charge in [0.25, 0.3) is 5.91 Å². The van der Waals surface area contributed by atoms with Gasteiger partial charge in [-0.15, -0.1) is 0 Å². The molecular weight excluding hydrogens is 366 g/mol. The first-order chi connectivity index (χ1) is 13.7. The van der Waals surface area contributed by atoms with Crippen LogP contribution < -0.4 is 10.6 Å². The van der Waals surface area contributed by atoms with E-state index in [1.54, 1.807) is 19.2 Å². The molecule has 0 saturated carbocycles. The van der Waals surface area contributed by atoms with Gasteiger partial charge >= 0.3 is 0 Å². The number of likely N-dealkylation sites (N-methyl/N-ethyl adjacent to an activating group) is 1. The monoisotopic (exact) mass is 395 g/mol. The van der Waals surface area contributed by atoms with Crippen LogP contribution in [0.3, 0.4) is 0 Å². The highest BCUT2D eigenvalue weighted by molar-refractivity contribution is 5.96. The molecule has 0 saturated heterocycles. The average Bonchev–Trinajstić information content (AvgIpc) is 2.64. The van der Waals surface area contributed by atoms with E-state index >= 15 is 0 Å². The van der Waals surface area contributed by atoms with Crippen molar-refractivity contribution in [1.29, 1.82) is 0 Å². The van der Waals surface area contributed by atoms with Crippen LogP contribution in [0.2, 0.25) is 0 Å². The van der Waals surface area contributed by atoms with E-state index in [9.17, 15) is 14.4 Å². The lowest BCUT2D eigenvalue weighted by Gasteiger charge is -2.18. The summed E-state index contributed by atoms with van der Waals surface area (Å²) in [6.07, 6.45) is 0.129. The highest BCUT2D eigenvalue weighted by Gasteiger charge is 2.15. The molecule has 0 heterocycles. The largest absolute Gasteiger partial charge is 0.352 e. The van der Waals surface area contributed by atoms with Gasteiger partial charge in [0.15, 0.2) is 0 Å². The molecule has 0 atom stereocenters. The Balaban J connectivity index is 1.81. The van der Waals surface area contributed by atoms with Crippen LogP contribution in [-0.4, -0.2) is 42.8 Å². The molecule has 0 bridgehead atoms. The molecule has 0 fully saturated rings. The van der Waals surface area contributed by atoms with Crippen molar-refractivity contribution in [1.82, 2.24) is 10.2 Å². The third-order valence-corrected chi connectivity index (χ3v) is 4.65. The summed E-state index contributed by atoms with van der Waals surface area (Å²) >= 11 is 0. The maximum Gasteiger partial charge on any atom is 0.251 e. The minimum absolute atomic E-state index is 0.0442. The summed E-state index contributed by atoms with van der Waals surface area (Å²) in [6.45, 7) is 7.99. The lowest BCUT2D eigenvalue weighted by Crippen LogP contribution is -2.37. The van der Waals surface area contributed by atoms with Gasteiger partial charge in [0.1, 0.15) is 0 Å². The van der Waals surface area contributed by atoms with E-state index < -0.39 is 0 Å². The molecule has 0 spiro atoms. The van der Waals surface area contributed by atoms with Crippen molar-refractivity contribution in [3.63, 3.8) is 0 Å². The van der Waals surface area contributed by atoms with E-state index in [0.29, 0.717) is 5.56 Å². The van der Waals surface area contributed by atoms with Crippen LogP contribution in [0.1, 0.15) is 39.0 Å². The first-order valence-corrected chi connectivity index (χ1v) is 9.64. The van der Waals surface area contributed by atoms with Gasteiger partial charge in [-0.05, 0) is 51.0 Å². The molecule has 0 aliphatic carbocycles. The molecule has 29 heavy (non-hydrogen) atoms. The Labute approximate surface area is 172 Å². The van der Waals surface area contributed by atoms with E-state index in [1.165, 1.54) is 4.90 Å². The summed E-state index contributed by atoms with van der Waals surface area (Å²) in [4.78, 5) is 38.1. The van der Waals surface area contributed by atoms with Crippen LogP contribution in [-0.2, 0) is 9.59 Å². The van der Waals surface area contributed by atoms with Crippen LogP contribution in [0.25, 0.3) is 0 Å². The lowest BCUT2D eigenvalue weighted by atomic mass is 10.1. The number of anilines is 1. The zero-order chi connectivity index (χ0) is 21.6. The van der Waals surface area contributed by atoms with E-state index in [4.69, 9.17) is 0 Å². The fourth-order valence-electron chi connectivity index (χ4n) is 3.22. The fraction of sp³-hybridized carbons (Fsp3) is 0.348. The Kier molecular flexibility index (Phi) is 7.53. The first-order valence-electron chi connectivity index (χ1n) is 9.64. The number of aryl methyl sites for hydroxylation is 4. The molecule has 2 rings (SSSR count).